The maximum absolute atomic E-state index is 7.79. The Balaban J connectivity index is 0.00000113. The fourth-order valence-corrected chi connectivity index (χ4v) is 4.02. The minimum atomic E-state index is -0.518. The molecule has 0 spiro atoms. The summed E-state index contributed by atoms with van der Waals surface area (Å²) in [5.41, 5.74) is -0.921. The van der Waals surface area contributed by atoms with Crippen molar-refractivity contribution in [1.82, 2.24) is 5.06 Å². The fourth-order valence-electron chi connectivity index (χ4n) is 4.02. The summed E-state index contributed by atoms with van der Waals surface area (Å²) in [6.45, 7) is 9.59. The van der Waals surface area contributed by atoms with Crippen molar-refractivity contribution in [3.05, 3.63) is 13.2 Å². The summed E-state index contributed by atoms with van der Waals surface area (Å²) in [6, 6.07) is 0. The van der Waals surface area contributed by atoms with Gasteiger partial charge in [0.1, 0.15) is 6.10 Å². The first-order valence-corrected chi connectivity index (χ1v) is 7.93. The predicted octanol–water partition coefficient (Wildman–Crippen LogP) is 1.17. The molecule has 0 aliphatic carbocycles. The van der Waals surface area contributed by atoms with Crippen molar-refractivity contribution in [3.63, 3.8) is 0 Å². The molecule has 7 atom stereocenters. The molecule has 0 aromatic heterocycles. The first-order chi connectivity index (χ1) is 11.0. The summed E-state index contributed by atoms with van der Waals surface area (Å²) in [5.74, 6) is 0.406. The van der Waals surface area contributed by atoms with Gasteiger partial charge in [0.05, 0.1) is 24.4 Å². The van der Waals surface area contributed by atoms with E-state index in [1.807, 2.05) is 19.0 Å². The quantitative estimate of drug-likeness (QED) is 0.309. The molecule has 4 heterocycles. The molecule has 4 aliphatic rings. The maximum Gasteiger partial charge on any atom is 0.105 e. The minimum absolute atomic E-state index is 0. The predicted molar refractivity (Wildman–Crippen MR) is 77.2 cm³/mol. The zero-order chi connectivity index (χ0) is 16.2. The summed E-state index contributed by atoms with van der Waals surface area (Å²) >= 11 is 0. The van der Waals surface area contributed by atoms with E-state index in [2.05, 4.69) is 6.92 Å². The van der Waals surface area contributed by atoms with Crippen molar-refractivity contribution < 1.29 is 87.4 Å². The van der Waals surface area contributed by atoms with Crippen molar-refractivity contribution >= 4 is 0 Å². The Hall–Kier alpha value is 1.86. The van der Waals surface area contributed by atoms with Crippen molar-refractivity contribution in [3.8, 4) is 0 Å². The second-order valence-corrected chi connectivity index (χ2v) is 7.03. The number of nitrogens with zero attached hydrogens (tertiary/aromatic N) is 1. The van der Waals surface area contributed by atoms with Crippen LogP contribution < -0.4 is 0 Å². The van der Waals surface area contributed by atoms with Gasteiger partial charge in [0.2, 0.25) is 0 Å². The maximum atomic E-state index is 7.79. The molecule has 6 nitrogen and oxygen atoms in total. The topological polar surface area (TPSA) is 49.4 Å². The van der Waals surface area contributed by atoms with E-state index in [-0.39, 0.29) is 99.3 Å². The smallest absolute Gasteiger partial charge is 0.105 e. The average Bonchev–Trinajstić information content (AvgIpc) is 3.27. The second-order valence-electron chi connectivity index (χ2n) is 7.03. The van der Waals surface area contributed by atoms with Gasteiger partial charge in [0, 0.05) is 83.1 Å². The van der Waals surface area contributed by atoms with Gasteiger partial charge in [-0.25, -0.2) is 0 Å². The SMILES string of the molecule is [2H]C[C@@]12CO[C@@H]([CH-]O1)[C@@H]2CN(C)OC(C)[C@@]12CO[C@@H]([CH-]O1)[C@@H]2C.[U].[U]. The van der Waals surface area contributed by atoms with Crippen LogP contribution in [-0.2, 0) is 23.8 Å². The molecular formula is C16H25NO5U2-2. The van der Waals surface area contributed by atoms with E-state index in [1.165, 1.54) is 0 Å². The Kier molecular flexibility index (Phi) is 6.93. The third-order valence-corrected chi connectivity index (χ3v) is 5.70. The van der Waals surface area contributed by atoms with Crippen LogP contribution in [0, 0.1) is 87.3 Å². The van der Waals surface area contributed by atoms with Crippen LogP contribution in [0.2, 0.25) is 0 Å². The van der Waals surface area contributed by atoms with E-state index in [9.17, 15) is 0 Å². The third-order valence-electron chi connectivity index (χ3n) is 5.70. The van der Waals surface area contributed by atoms with Crippen molar-refractivity contribution in [2.24, 2.45) is 11.8 Å². The van der Waals surface area contributed by atoms with Crippen LogP contribution in [0.1, 0.15) is 22.1 Å². The minimum Gasteiger partial charge on any atom is -0.543 e. The fraction of sp³-hybridized carbons (Fsp3) is 0.875. The summed E-state index contributed by atoms with van der Waals surface area (Å²) in [5, 5.41) is 1.83. The number of fused-ring (bicyclic) bond motifs is 4. The van der Waals surface area contributed by atoms with E-state index in [0.717, 1.165) is 0 Å². The third kappa shape index (κ3) is 3.48. The van der Waals surface area contributed by atoms with Gasteiger partial charge < -0.3 is 18.9 Å². The molecule has 0 radical (unpaired) electrons. The summed E-state index contributed by atoms with van der Waals surface area (Å²) in [4.78, 5) is 6.12. The van der Waals surface area contributed by atoms with Crippen LogP contribution >= 0.6 is 0 Å². The molecule has 4 fully saturated rings. The zero-order valence-electron chi connectivity index (χ0n) is 15.4. The Bertz CT molecular complexity index is 458. The van der Waals surface area contributed by atoms with Gasteiger partial charge in [-0.1, -0.05) is 6.92 Å². The first kappa shape index (κ1) is 20.6. The molecule has 24 heavy (non-hydrogen) atoms. The van der Waals surface area contributed by atoms with Crippen molar-refractivity contribution in [2.45, 2.75) is 50.3 Å². The molecule has 0 amide bonds. The van der Waals surface area contributed by atoms with Gasteiger partial charge in [-0.2, -0.15) is 18.3 Å². The van der Waals surface area contributed by atoms with E-state index >= 15 is 0 Å². The van der Waals surface area contributed by atoms with Crippen LogP contribution in [-0.4, -0.2) is 61.4 Å². The van der Waals surface area contributed by atoms with Gasteiger partial charge in [-0.15, -0.1) is 0 Å². The van der Waals surface area contributed by atoms with Crippen LogP contribution in [0.5, 0.6) is 0 Å². The molecule has 4 rings (SSSR count). The summed E-state index contributed by atoms with van der Waals surface area (Å²) < 4.78 is 30.8. The first-order valence-electron chi connectivity index (χ1n) is 8.64. The van der Waals surface area contributed by atoms with Gasteiger partial charge in [-0.3, -0.25) is 4.84 Å². The molecule has 0 aromatic rings. The number of ether oxygens (including phenoxy) is 4. The molecule has 8 heteroatoms. The Morgan fingerprint density at radius 2 is 1.96 bits per heavy atom. The molecule has 4 aliphatic heterocycles. The van der Waals surface area contributed by atoms with Crippen LogP contribution in [0.25, 0.3) is 0 Å². The van der Waals surface area contributed by atoms with Gasteiger partial charge >= 0.3 is 0 Å². The van der Waals surface area contributed by atoms with Crippen LogP contribution in [0.4, 0.5) is 0 Å². The zero-order valence-corrected chi connectivity index (χ0v) is 22.7. The van der Waals surface area contributed by atoms with Gasteiger partial charge in [-0.05, 0) is 31.9 Å². The molecular weight excluding hydrogens is 762 g/mol. The number of hydrogen-bond acceptors (Lipinski definition) is 6. The second kappa shape index (κ2) is 8.08. The van der Waals surface area contributed by atoms with Crippen LogP contribution in [0.15, 0.2) is 0 Å². The molecule has 4 saturated heterocycles. The number of hydroxylamine groups is 2. The standard InChI is InChI=1S/C16H25NO5.2U/c1-10-13-6-21-16(10,9-19-13)11(2)22-17(4)5-12-14-7-20-15(12,3)8-18-14;;/h6-7,10-14H,5,8-9H2,1-4H3;;/q-2;;/t10-,11?,12-,13-,14-,15-,16-;;/m0../s1/i3D;;. The number of hydrogen-bond donors (Lipinski definition) is 0. The Labute approximate surface area is 193 Å². The monoisotopic (exact) mass is 788 g/mol. The molecule has 1 unspecified atom stereocenters. The molecule has 0 saturated carbocycles. The van der Waals surface area contributed by atoms with E-state index in [0.29, 0.717) is 19.8 Å². The molecule has 134 valence electrons. The Morgan fingerprint density at radius 3 is 2.46 bits per heavy atom. The van der Waals surface area contributed by atoms with E-state index < -0.39 is 11.2 Å². The largest absolute Gasteiger partial charge is 0.543 e. The van der Waals surface area contributed by atoms with Gasteiger partial charge in [0.25, 0.3) is 0 Å². The molecule has 0 N–H and O–H groups in total. The summed E-state index contributed by atoms with van der Waals surface area (Å²) in [7, 11) is 1.92. The molecule has 0 aromatic carbocycles. The van der Waals surface area contributed by atoms with Crippen LogP contribution in [0.3, 0.4) is 0 Å². The summed E-state index contributed by atoms with van der Waals surface area (Å²) in [6.07, 6.45) is -0.0999. The van der Waals surface area contributed by atoms with E-state index in [1.54, 1.807) is 13.2 Å². The van der Waals surface area contributed by atoms with Crippen molar-refractivity contribution in [1.29, 1.82) is 0 Å². The molecule has 4 bridgehead atoms. The van der Waals surface area contributed by atoms with Gasteiger partial charge in [0.15, 0.2) is 0 Å². The van der Waals surface area contributed by atoms with E-state index in [4.69, 9.17) is 25.2 Å². The average molecular weight is 788 g/mol. The number of rotatable bonds is 5. The van der Waals surface area contributed by atoms with Crippen molar-refractivity contribution in [2.75, 3.05) is 26.8 Å². The normalized spacial score (nSPS) is 47.4. The Morgan fingerprint density at radius 1 is 1.25 bits per heavy atom.